The van der Waals surface area contributed by atoms with Gasteiger partial charge in [0.15, 0.2) is 0 Å². The summed E-state index contributed by atoms with van der Waals surface area (Å²) in [6.45, 7) is 9.21. The van der Waals surface area contributed by atoms with Gasteiger partial charge in [0.05, 0.1) is 17.1 Å². The standard InChI is InChI=1S/C22H32N4O2S/c1-17-7-9-21(10-8-17)26-19(3)22(18(2)23-26)29(27,28)25-15-11-20(12-16-25)24-13-5-4-6-14-24/h7-10,20H,4-6,11-16H2,1-3H3. The van der Waals surface area contributed by atoms with E-state index in [4.69, 9.17) is 0 Å². The van der Waals surface area contributed by atoms with Crippen molar-refractivity contribution in [2.45, 2.75) is 63.8 Å². The quantitative estimate of drug-likeness (QED) is 0.766. The van der Waals surface area contributed by atoms with Crippen LogP contribution >= 0.6 is 0 Å². The molecule has 0 amide bonds. The molecule has 0 aliphatic carbocycles. The normalized spacial score (nSPS) is 20.2. The molecule has 29 heavy (non-hydrogen) atoms. The molecule has 0 saturated carbocycles. The van der Waals surface area contributed by atoms with Crippen LogP contribution in [0.5, 0.6) is 0 Å². The highest BCUT2D eigenvalue weighted by atomic mass is 32.2. The third-order valence-electron chi connectivity index (χ3n) is 6.43. The molecule has 2 fully saturated rings. The third-order valence-corrected chi connectivity index (χ3v) is 8.58. The van der Waals surface area contributed by atoms with E-state index in [-0.39, 0.29) is 0 Å². The van der Waals surface area contributed by atoms with E-state index in [9.17, 15) is 8.42 Å². The Balaban J connectivity index is 1.54. The molecule has 0 atom stereocenters. The van der Waals surface area contributed by atoms with Gasteiger partial charge in [-0.15, -0.1) is 0 Å². The molecule has 0 radical (unpaired) electrons. The van der Waals surface area contributed by atoms with Gasteiger partial charge in [0.1, 0.15) is 4.90 Å². The predicted octanol–water partition coefficient (Wildman–Crippen LogP) is 3.44. The third kappa shape index (κ3) is 4.00. The first-order chi connectivity index (χ1) is 13.9. The molecule has 2 aromatic rings. The number of aromatic nitrogens is 2. The minimum atomic E-state index is -3.54. The summed E-state index contributed by atoms with van der Waals surface area (Å²) >= 11 is 0. The molecule has 4 rings (SSSR count). The van der Waals surface area contributed by atoms with Crippen LogP contribution in [0.4, 0.5) is 0 Å². The fourth-order valence-corrected chi connectivity index (χ4v) is 6.62. The second-order valence-electron chi connectivity index (χ2n) is 8.48. The number of sulfonamides is 1. The van der Waals surface area contributed by atoms with Gasteiger partial charge in [0.2, 0.25) is 10.0 Å². The molecule has 6 nitrogen and oxygen atoms in total. The summed E-state index contributed by atoms with van der Waals surface area (Å²) in [5.41, 5.74) is 3.31. The van der Waals surface area contributed by atoms with Crippen molar-refractivity contribution in [3.63, 3.8) is 0 Å². The van der Waals surface area contributed by atoms with Crippen LogP contribution in [0.15, 0.2) is 29.2 Å². The van der Waals surface area contributed by atoms with Gasteiger partial charge in [0, 0.05) is 19.1 Å². The zero-order valence-electron chi connectivity index (χ0n) is 17.8. The molecule has 2 aliphatic rings. The molecule has 2 aliphatic heterocycles. The predicted molar refractivity (Wildman–Crippen MR) is 115 cm³/mol. The Kier molecular flexibility index (Phi) is 5.82. The Morgan fingerprint density at radius 2 is 1.52 bits per heavy atom. The van der Waals surface area contributed by atoms with Crippen LogP contribution in [0.3, 0.4) is 0 Å². The molecule has 0 unspecified atom stereocenters. The van der Waals surface area contributed by atoms with Crippen molar-refractivity contribution in [3.8, 4) is 5.69 Å². The lowest BCUT2D eigenvalue weighted by atomic mass is 10.0. The average Bonchev–Trinajstić information content (AvgIpc) is 3.04. The second kappa shape index (κ2) is 8.20. The van der Waals surface area contributed by atoms with Gasteiger partial charge in [-0.3, -0.25) is 0 Å². The Labute approximate surface area is 174 Å². The van der Waals surface area contributed by atoms with Gasteiger partial charge in [-0.25, -0.2) is 13.1 Å². The van der Waals surface area contributed by atoms with Gasteiger partial charge >= 0.3 is 0 Å². The van der Waals surface area contributed by atoms with E-state index >= 15 is 0 Å². The number of likely N-dealkylation sites (tertiary alicyclic amines) is 1. The van der Waals surface area contributed by atoms with Crippen molar-refractivity contribution in [3.05, 3.63) is 41.2 Å². The van der Waals surface area contributed by atoms with E-state index in [0.29, 0.717) is 35.4 Å². The van der Waals surface area contributed by atoms with Crippen LogP contribution in [0, 0.1) is 20.8 Å². The number of rotatable bonds is 4. The van der Waals surface area contributed by atoms with Crippen molar-refractivity contribution < 1.29 is 8.42 Å². The highest BCUT2D eigenvalue weighted by Crippen LogP contribution is 2.29. The maximum Gasteiger partial charge on any atom is 0.246 e. The summed E-state index contributed by atoms with van der Waals surface area (Å²) in [5, 5.41) is 4.56. The highest BCUT2D eigenvalue weighted by Gasteiger charge is 2.35. The van der Waals surface area contributed by atoms with Gasteiger partial charge in [-0.2, -0.15) is 9.40 Å². The first kappa shape index (κ1) is 20.6. The van der Waals surface area contributed by atoms with Crippen LogP contribution in [-0.2, 0) is 10.0 Å². The van der Waals surface area contributed by atoms with Gasteiger partial charge in [-0.05, 0) is 71.7 Å². The first-order valence-corrected chi connectivity index (χ1v) is 12.2. The van der Waals surface area contributed by atoms with Crippen molar-refractivity contribution in [1.82, 2.24) is 19.0 Å². The van der Waals surface area contributed by atoms with Crippen LogP contribution in [0.25, 0.3) is 5.69 Å². The summed E-state index contributed by atoms with van der Waals surface area (Å²) in [5.74, 6) is 0. The van der Waals surface area contributed by atoms with Gasteiger partial charge < -0.3 is 4.90 Å². The van der Waals surface area contributed by atoms with E-state index in [2.05, 4.69) is 10.00 Å². The minimum Gasteiger partial charge on any atom is -0.300 e. The van der Waals surface area contributed by atoms with Crippen LogP contribution in [0.1, 0.15) is 49.1 Å². The van der Waals surface area contributed by atoms with E-state index in [1.165, 1.54) is 37.9 Å². The van der Waals surface area contributed by atoms with Gasteiger partial charge in [-0.1, -0.05) is 24.1 Å². The molecule has 1 aromatic heterocycles. The topological polar surface area (TPSA) is 58.4 Å². The summed E-state index contributed by atoms with van der Waals surface area (Å²) in [4.78, 5) is 2.94. The van der Waals surface area contributed by atoms with E-state index < -0.39 is 10.0 Å². The SMILES string of the molecule is Cc1ccc(-n2nc(C)c(S(=O)(=O)N3CCC(N4CCCCC4)CC3)c2C)cc1. The highest BCUT2D eigenvalue weighted by molar-refractivity contribution is 7.89. The molecule has 0 N–H and O–H groups in total. The maximum absolute atomic E-state index is 13.5. The summed E-state index contributed by atoms with van der Waals surface area (Å²) in [6.07, 6.45) is 5.71. The fourth-order valence-electron chi connectivity index (χ4n) is 4.80. The molecule has 2 saturated heterocycles. The van der Waals surface area contributed by atoms with E-state index in [1.54, 1.807) is 15.9 Å². The molecule has 7 heteroatoms. The lowest BCUT2D eigenvalue weighted by molar-refractivity contribution is 0.118. The number of benzene rings is 1. The Morgan fingerprint density at radius 1 is 0.897 bits per heavy atom. The Bertz CT molecular complexity index is 951. The smallest absolute Gasteiger partial charge is 0.246 e. The summed E-state index contributed by atoms with van der Waals surface area (Å²) in [7, 11) is -3.54. The first-order valence-electron chi connectivity index (χ1n) is 10.8. The molecule has 0 bridgehead atoms. The van der Waals surface area contributed by atoms with Crippen molar-refractivity contribution in [2.75, 3.05) is 26.2 Å². The van der Waals surface area contributed by atoms with Crippen molar-refractivity contribution >= 4 is 10.0 Å². The molecule has 0 spiro atoms. The number of aryl methyl sites for hydroxylation is 2. The van der Waals surface area contributed by atoms with Crippen molar-refractivity contribution in [1.29, 1.82) is 0 Å². The largest absolute Gasteiger partial charge is 0.300 e. The lowest BCUT2D eigenvalue weighted by Crippen LogP contribution is -2.48. The number of hydrogen-bond donors (Lipinski definition) is 0. The van der Waals surface area contributed by atoms with Crippen LogP contribution in [-0.4, -0.2) is 59.6 Å². The van der Waals surface area contributed by atoms with Crippen LogP contribution < -0.4 is 0 Å². The molecular formula is C22H32N4O2S. The monoisotopic (exact) mass is 416 g/mol. The van der Waals surface area contributed by atoms with Crippen LogP contribution in [0.2, 0.25) is 0 Å². The zero-order valence-corrected chi connectivity index (χ0v) is 18.6. The Hall–Kier alpha value is -1.70. The average molecular weight is 417 g/mol. The fraction of sp³-hybridized carbons (Fsp3) is 0.591. The van der Waals surface area contributed by atoms with E-state index in [0.717, 1.165) is 18.5 Å². The zero-order chi connectivity index (χ0) is 20.6. The Morgan fingerprint density at radius 3 is 2.14 bits per heavy atom. The maximum atomic E-state index is 13.5. The van der Waals surface area contributed by atoms with E-state index in [1.807, 2.05) is 38.1 Å². The molecule has 158 valence electrons. The summed E-state index contributed by atoms with van der Waals surface area (Å²) in [6, 6.07) is 8.53. The molecular weight excluding hydrogens is 384 g/mol. The number of piperidine rings is 2. The number of hydrogen-bond acceptors (Lipinski definition) is 4. The summed E-state index contributed by atoms with van der Waals surface area (Å²) < 4.78 is 30.4. The number of nitrogens with zero attached hydrogens (tertiary/aromatic N) is 4. The lowest BCUT2D eigenvalue weighted by Gasteiger charge is -2.39. The molecule has 3 heterocycles. The minimum absolute atomic E-state index is 0.370. The molecule has 1 aromatic carbocycles. The second-order valence-corrected chi connectivity index (χ2v) is 10.4. The van der Waals surface area contributed by atoms with Gasteiger partial charge in [0.25, 0.3) is 0 Å². The van der Waals surface area contributed by atoms with Crippen molar-refractivity contribution in [2.24, 2.45) is 0 Å².